The third-order valence-corrected chi connectivity index (χ3v) is 7.60. The second kappa shape index (κ2) is 9.32. The van der Waals surface area contributed by atoms with Crippen LogP contribution in [0.2, 0.25) is 0 Å². The minimum atomic E-state index is -0.0353. The molecule has 0 radical (unpaired) electrons. The number of ketones is 1. The van der Waals surface area contributed by atoms with Crippen LogP contribution in [0.25, 0.3) is 0 Å². The summed E-state index contributed by atoms with van der Waals surface area (Å²) < 4.78 is 0. The number of rotatable bonds is 6. The van der Waals surface area contributed by atoms with Crippen molar-refractivity contribution >= 4 is 51.8 Å². The molecule has 0 saturated carbocycles. The van der Waals surface area contributed by atoms with Gasteiger partial charge in [-0.05, 0) is 56.3 Å². The van der Waals surface area contributed by atoms with Crippen LogP contribution in [0.1, 0.15) is 44.0 Å². The van der Waals surface area contributed by atoms with E-state index in [4.69, 9.17) is 4.99 Å². The minimum absolute atomic E-state index is 0.00809. The first-order valence-electron chi connectivity index (χ1n) is 10.5. The van der Waals surface area contributed by atoms with Crippen molar-refractivity contribution in [1.82, 2.24) is 4.90 Å². The van der Waals surface area contributed by atoms with Crippen molar-refractivity contribution in [3.05, 3.63) is 64.0 Å². The van der Waals surface area contributed by atoms with Gasteiger partial charge in [0, 0.05) is 23.5 Å². The lowest BCUT2D eigenvalue weighted by Crippen LogP contribution is -2.30. The second-order valence-electron chi connectivity index (χ2n) is 7.33. The summed E-state index contributed by atoms with van der Waals surface area (Å²) in [7, 11) is 0. The van der Waals surface area contributed by atoms with Gasteiger partial charge in [-0.15, -0.1) is 0 Å². The summed E-state index contributed by atoms with van der Waals surface area (Å²) in [6, 6.07) is 15.5. The molecule has 2 aromatic rings. The highest BCUT2D eigenvalue weighted by atomic mass is 32.2. The van der Waals surface area contributed by atoms with Gasteiger partial charge >= 0.3 is 0 Å². The standard InChI is InChI=1S/C24H25N3O2S2/c1-4-6-15-27-22(29)21(23-26(5-2)19-13-9-10-14-20(19)30-23)31-24(27)25-18-12-8-7-11-17(18)16(3)28/h7-14H,4-6,15H2,1-3H3/b23-21-,25-24?. The number of carbonyl (C=O) groups excluding carboxylic acids is 2. The van der Waals surface area contributed by atoms with Crippen LogP contribution in [-0.4, -0.2) is 34.8 Å². The van der Waals surface area contributed by atoms with Crippen LogP contribution in [0.3, 0.4) is 0 Å². The van der Waals surface area contributed by atoms with E-state index < -0.39 is 0 Å². The molecule has 0 atom stereocenters. The number of nitrogens with zero attached hydrogens (tertiary/aromatic N) is 3. The number of amides is 1. The Hall–Kier alpha value is -2.51. The number of amidine groups is 1. The number of benzene rings is 2. The molecule has 1 fully saturated rings. The summed E-state index contributed by atoms with van der Waals surface area (Å²) in [6.45, 7) is 7.15. The molecule has 2 aliphatic rings. The summed E-state index contributed by atoms with van der Waals surface area (Å²) >= 11 is 3.05. The van der Waals surface area contributed by atoms with Crippen LogP contribution < -0.4 is 4.90 Å². The van der Waals surface area contributed by atoms with Crippen molar-refractivity contribution in [2.24, 2.45) is 4.99 Å². The second-order valence-corrected chi connectivity index (χ2v) is 9.34. The number of hydrogen-bond acceptors (Lipinski definition) is 6. The van der Waals surface area contributed by atoms with Crippen LogP contribution in [-0.2, 0) is 4.79 Å². The molecule has 2 aromatic carbocycles. The molecule has 0 bridgehead atoms. The molecule has 4 rings (SSSR count). The molecule has 5 nitrogen and oxygen atoms in total. The third kappa shape index (κ3) is 4.16. The topological polar surface area (TPSA) is 53.0 Å². The predicted molar refractivity (Wildman–Crippen MR) is 130 cm³/mol. The molecule has 2 aliphatic heterocycles. The molecule has 1 amide bonds. The molecular formula is C24H25N3O2S2. The van der Waals surface area contributed by atoms with Gasteiger partial charge < -0.3 is 4.90 Å². The molecule has 31 heavy (non-hydrogen) atoms. The Bertz CT molecular complexity index is 1090. The largest absolute Gasteiger partial charge is 0.334 e. The first-order valence-corrected chi connectivity index (χ1v) is 12.2. The van der Waals surface area contributed by atoms with E-state index in [2.05, 4.69) is 30.9 Å². The molecule has 7 heteroatoms. The Morgan fingerprint density at radius 2 is 1.74 bits per heavy atom. The summed E-state index contributed by atoms with van der Waals surface area (Å²) in [5.74, 6) is -0.0434. The number of fused-ring (bicyclic) bond motifs is 1. The van der Waals surface area contributed by atoms with Crippen molar-refractivity contribution in [2.75, 3.05) is 18.0 Å². The monoisotopic (exact) mass is 451 g/mol. The van der Waals surface area contributed by atoms with Crippen LogP contribution in [0.4, 0.5) is 11.4 Å². The maximum Gasteiger partial charge on any atom is 0.269 e. The molecule has 0 spiro atoms. The quantitative estimate of drug-likeness (QED) is 0.395. The SMILES string of the molecule is CCCCN1C(=O)/C(=C2/Sc3ccccc3N2CC)SC1=Nc1ccccc1C(C)=O. The summed E-state index contributed by atoms with van der Waals surface area (Å²) in [5, 5.41) is 1.60. The van der Waals surface area contributed by atoms with Crippen molar-refractivity contribution in [3.8, 4) is 0 Å². The van der Waals surface area contributed by atoms with Gasteiger partial charge in [0.1, 0.15) is 9.93 Å². The van der Waals surface area contributed by atoms with Crippen molar-refractivity contribution in [3.63, 3.8) is 0 Å². The lowest BCUT2D eigenvalue weighted by Gasteiger charge is -2.19. The van der Waals surface area contributed by atoms with E-state index in [1.54, 1.807) is 29.7 Å². The molecule has 2 heterocycles. The van der Waals surface area contributed by atoms with Gasteiger partial charge in [-0.25, -0.2) is 4.99 Å². The average molecular weight is 452 g/mol. The Balaban J connectivity index is 1.77. The minimum Gasteiger partial charge on any atom is -0.334 e. The fourth-order valence-corrected chi connectivity index (χ4v) is 6.03. The zero-order valence-corrected chi connectivity index (χ0v) is 19.6. The van der Waals surface area contributed by atoms with Crippen molar-refractivity contribution < 1.29 is 9.59 Å². The van der Waals surface area contributed by atoms with Crippen LogP contribution in [0, 0.1) is 0 Å². The fraction of sp³-hybridized carbons (Fsp3) is 0.292. The number of hydrogen-bond donors (Lipinski definition) is 0. The van der Waals surface area contributed by atoms with Gasteiger partial charge in [0.05, 0.1) is 11.4 Å². The maximum atomic E-state index is 13.5. The Labute approximate surface area is 191 Å². The lowest BCUT2D eigenvalue weighted by molar-refractivity contribution is -0.122. The highest BCUT2D eigenvalue weighted by Gasteiger charge is 2.39. The first kappa shape index (κ1) is 21.7. The zero-order valence-electron chi connectivity index (χ0n) is 17.9. The first-order chi connectivity index (χ1) is 15.0. The van der Waals surface area contributed by atoms with Gasteiger partial charge in [-0.1, -0.05) is 49.4 Å². The van der Waals surface area contributed by atoms with Gasteiger partial charge in [0.15, 0.2) is 11.0 Å². The number of thioether (sulfide) groups is 2. The summed E-state index contributed by atoms with van der Waals surface area (Å²) in [6.07, 6.45) is 1.88. The van der Waals surface area contributed by atoms with E-state index in [0.29, 0.717) is 27.9 Å². The molecule has 160 valence electrons. The number of unbranched alkanes of at least 4 members (excludes halogenated alkanes) is 1. The number of Topliss-reactive ketones (excluding diaryl/α,β-unsaturated/α-hetero) is 1. The van der Waals surface area contributed by atoms with E-state index in [1.165, 1.54) is 11.8 Å². The van der Waals surface area contributed by atoms with E-state index >= 15 is 0 Å². The number of carbonyl (C=O) groups is 2. The zero-order chi connectivity index (χ0) is 22.0. The smallest absolute Gasteiger partial charge is 0.269 e. The van der Waals surface area contributed by atoms with E-state index in [9.17, 15) is 9.59 Å². The van der Waals surface area contributed by atoms with Crippen LogP contribution >= 0.6 is 23.5 Å². The number of para-hydroxylation sites is 2. The Morgan fingerprint density at radius 3 is 2.48 bits per heavy atom. The predicted octanol–water partition coefficient (Wildman–Crippen LogP) is 6.05. The fourth-order valence-electron chi connectivity index (χ4n) is 3.62. The summed E-state index contributed by atoms with van der Waals surface area (Å²) in [4.78, 5) is 36.2. The van der Waals surface area contributed by atoms with Crippen LogP contribution in [0.5, 0.6) is 0 Å². The molecule has 0 N–H and O–H groups in total. The van der Waals surface area contributed by atoms with Gasteiger partial charge in [-0.2, -0.15) is 0 Å². The lowest BCUT2D eigenvalue weighted by atomic mass is 10.1. The molecule has 0 aromatic heterocycles. The molecule has 0 unspecified atom stereocenters. The van der Waals surface area contributed by atoms with E-state index in [1.807, 2.05) is 30.3 Å². The molecule has 0 aliphatic carbocycles. The van der Waals surface area contributed by atoms with Crippen molar-refractivity contribution in [1.29, 1.82) is 0 Å². The van der Waals surface area contributed by atoms with Gasteiger partial charge in [0.2, 0.25) is 0 Å². The van der Waals surface area contributed by atoms with E-state index in [-0.39, 0.29) is 11.7 Å². The number of anilines is 1. The number of aliphatic imine (C=N–C) groups is 1. The molecular weight excluding hydrogens is 426 g/mol. The molecule has 1 saturated heterocycles. The summed E-state index contributed by atoms with van der Waals surface area (Å²) in [5.41, 5.74) is 2.31. The third-order valence-electron chi connectivity index (χ3n) is 5.22. The maximum absolute atomic E-state index is 13.5. The van der Waals surface area contributed by atoms with Gasteiger partial charge in [0.25, 0.3) is 5.91 Å². The van der Waals surface area contributed by atoms with Crippen molar-refractivity contribution in [2.45, 2.75) is 38.5 Å². The Kier molecular flexibility index (Phi) is 6.53. The Morgan fingerprint density at radius 1 is 1.00 bits per heavy atom. The van der Waals surface area contributed by atoms with Crippen LogP contribution in [0.15, 0.2) is 68.4 Å². The highest BCUT2D eigenvalue weighted by molar-refractivity contribution is 8.19. The van der Waals surface area contributed by atoms with Gasteiger partial charge in [-0.3, -0.25) is 14.5 Å². The highest BCUT2D eigenvalue weighted by Crippen LogP contribution is 2.50. The van der Waals surface area contributed by atoms with E-state index in [0.717, 1.165) is 35.0 Å². The average Bonchev–Trinajstić information content (AvgIpc) is 3.29. The normalized spacial score (nSPS) is 19.5.